The first-order valence-electron chi connectivity index (χ1n) is 18.1. The molecule has 1 aromatic carbocycles. The van der Waals surface area contributed by atoms with Gasteiger partial charge in [0.1, 0.15) is 17.5 Å². The Labute approximate surface area is 299 Å². The van der Waals surface area contributed by atoms with Crippen LogP contribution in [0.25, 0.3) is 0 Å². The minimum atomic E-state index is -4.16. The molecule has 3 unspecified atom stereocenters. The van der Waals surface area contributed by atoms with E-state index in [1.807, 2.05) is 39.0 Å². The Hall–Kier alpha value is -2.92. The monoisotopic (exact) mass is 723 g/mol. The van der Waals surface area contributed by atoms with Crippen LogP contribution in [0.5, 0.6) is 11.5 Å². The van der Waals surface area contributed by atoms with Crippen molar-refractivity contribution in [2.75, 3.05) is 34.5 Å². The zero-order valence-corrected chi connectivity index (χ0v) is 32.3. The van der Waals surface area contributed by atoms with E-state index < -0.39 is 37.3 Å². The number of allylic oxidation sites excluding steroid dienone is 2. The van der Waals surface area contributed by atoms with Crippen molar-refractivity contribution < 1.29 is 42.6 Å². The predicted octanol–water partition coefficient (Wildman–Crippen LogP) is 6.21. The molecule has 1 heterocycles. The van der Waals surface area contributed by atoms with Crippen molar-refractivity contribution in [3.63, 3.8) is 0 Å². The van der Waals surface area contributed by atoms with Crippen LogP contribution in [-0.4, -0.2) is 80.1 Å². The number of amides is 3. The van der Waals surface area contributed by atoms with E-state index in [0.717, 1.165) is 31.2 Å². The second-order valence-corrected chi connectivity index (χ2v) is 15.5. The lowest BCUT2D eigenvalue weighted by Gasteiger charge is -2.34. The van der Waals surface area contributed by atoms with Crippen LogP contribution >= 0.6 is 7.60 Å². The molecule has 0 saturated carbocycles. The number of nitrogens with zero attached hydrogens (tertiary/aromatic N) is 1. The summed E-state index contributed by atoms with van der Waals surface area (Å²) in [6, 6.07) is 3.27. The molecule has 12 nitrogen and oxygen atoms in total. The summed E-state index contributed by atoms with van der Waals surface area (Å²) in [4.78, 5) is 43.4. The van der Waals surface area contributed by atoms with Crippen molar-refractivity contribution in [3.05, 3.63) is 35.9 Å². The Morgan fingerprint density at radius 3 is 2.32 bits per heavy atom. The first-order chi connectivity index (χ1) is 23.8. The largest absolute Gasteiger partial charge is 0.497 e. The van der Waals surface area contributed by atoms with Crippen molar-refractivity contribution >= 4 is 25.3 Å². The lowest BCUT2D eigenvalue weighted by molar-refractivity contribution is -0.136. The number of carbonyl (C=O) groups is 3. The van der Waals surface area contributed by atoms with E-state index in [0.29, 0.717) is 37.2 Å². The van der Waals surface area contributed by atoms with Crippen LogP contribution < -0.4 is 20.1 Å². The second kappa shape index (κ2) is 22.1. The summed E-state index contributed by atoms with van der Waals surface area (Å²) in [5.74, 6) is -2.42. The second-order valence-electron chi connectivity index (χ2n) is 13.4. The molecule has 0 fully saturated rings. The molecule has 13 heteroatoms. The van der Waals surface area contributed by atoms with E-state index in [1.165, 1.54) is 0 Å². The van der Waals surface area contributed by atoms with Gasteiger partial charge in [-0.25, -0.2) is 0 Å². The smallest absolute Gasteiger partial charge is 0.360 e. The lowest BCUT2D eigenvalue weighted by Crippen LogP contribution is -2.54. The van der Waals surface area contributed by atoms with E-state index in [2.05, 4.69) is 10.6 Å². The highest BCUT2D eigenvalue weighted by Crippen LogP contribution is 2.53. The highest BCUT2D eigenvalue weighted by atomic mass is 31.2. The summed E-state index contributed by atoms with van der Waals surface area (Å²) in [5.41, 5.74) is 0.767. The maximum absolute atomic E-state index is 14.2. The molecule has 284 valence electrons. The third-order valence-corrected chi connectivity index (χ3v) is 11.1. The zero-order chi connectivity index (χ0) is 37.3. The van der Waals surface area contributed by atoms with Gasteiger partial charge in [0.25, 0.3) is 0 Å². The van der Waals surface area contributed by atoms with Gasteiger partial charge in [0.2, 0.25) is 17.7 Å². The van der Waals surface area contributed by atoms with Crippen molar-refractivity contribution in [2.24, 2.45) is 17.8 Å². The maximum atomic E-state index is 14.2. The normalized spacial score (nSPS) is 22.7. The average Bonchev–Trinajstić information content (AvgIpc) is 3.08. The minimum Gasteiger partial charge on any atom is -0.497 e. The van der Waals surface area contributed by atoms with E-state index >= 15 is 0 Å². The van der Waals surface area contributed by atoms with Gasteiger partial charge in [0, 0.05) is 37.1 Å². The van der Waals surface area contributed by atoms with Crippen LogP contribution in [-0.2, 0) is 34.5 Å². The van der Waals surface area contributed by atoms with Crippen LogP contribution in [0, 0.1) is 17.8 Å². The lowest BCUT2D eigenvalue weighted by atomic mass is 9.92. The van der Waals surface area contributed by atoms with E-state index in [9.17, 15) is 24.1 Å². The molecular weight excluding hydrogens is 661 g/mol. The molecule has 0 aromatic heterocycles. The Morgan fingerprint density at radius 1 is 1.02 bits per heavy atom. The van der Waals surface area contributed by atoms with Crippen molar-refractivity contribution in [1.29, 1.82) is 0 Å². The number of aliphatic hydroxyl groups excluding tert-OH is 1. The number of rotatable bonds is 15. The number of methoxy groups -OCH3 is 2. The predicted molar refractivity (Wildman–Crippen MR) is 195 cm³/mol. The molecule has 3 amide bonds. The molecule has 3 N–H and O–H groups in total. The van der Waals surface area contributed by atoms with Crippen molar-refractivity contribution in [2.45, 2.75) is 117 Å². The molecule has 0 radical (unpaired) electrons. The number of hydrogen-bond acceptors (Lipinski definition) is 9. The molecule has 50 heavy (non-hydrogen) atoms. The van der Waals surface area contributed by atoms with E-state index in [4.69, 9.17) is 18.5 Å². The highest BCUT2D eigenvalue weighted by Gasteiger charge is 2.43. The standard InChI is InChI=1S/C37H62N3O9P/c1-9-17-27-18-15-13-12-14-16-19-28(36(43)40(6)25-29-20-21-30(46-7)24-33(29)47-8)23-32(37(44)50(45,48-10-2)49-11-3)39-35(42)31(22-26(4)5)38-34(27)41/h14,16,20-21,24,26-28,31-32,37,44H,9-13,15,17-19,22-23,25H2,1-8H3,(H,38,41)(H,39,42)/b16-14+/t27?,28?,31-,32-,37?/m0/s1. The number of benzene rings is 1. The Balaban J connectivity index is 2.58. The maximum Gasteiger partial charge on any atom is 0.360 e. The number of nitrogens with one attached hydrogen (secondary N) is 2. The summed E-state index contributed by atoms with van der Waals surface area (Å²) in [5, 5.41) is 17.6. The topological polar surface area (TPSA) is 153 Å². The van der Waals surface area contributed by atoms with Gasteiger partial charge in [-0.3, -0.25) is 18.9 Å². The fourth-order valence-electron chi connectivity index (χ4n) is 6.32. The molecule has 1 aliphatic rings. The fourth-order valence-corrected chi connectivity index (χ4v) is 8.06. The van der Waals surface area contributed by atoms with Gasteiger partial charge >= 0.3 is 7.60 Å². The third-order valence-electron chi connectivity index (χ3n) is 8.90. The molecule has 0 aliphatic carbocycles. The van der Waals surface area contributed by atoms with Crippen LogP contribution in [0.4, 0.5) is 0 Å². The minimum absolute atomic E-state index is 0.00260. The molecule has 2 rings (SSSR count). The van der Waals surface area contributed by atoms with Crippen LogP contribution in [0.2, 0.25) is 0 Å². The number of carbonyl (C=O) groups excluding carboxylic acids is 3. The first-order valence-corrected chi connectivity index (χ1v) is 19.7. The van der Waals surface area contributed by atoms with Gasteiger partial charge in [0.15, 0.2) is 5.85 Å². The molecular formula is C37H62N3O9P. The van der Waals surface area contributed by atoms with E-state index in [1.54, 1.807) is 52.1 Å². The van der Waals surface area contributed by atoms with Crippen LogP contribution in [0.3, 0.4) is 0 Å². The summed E-state index contributed by atoms with van der Waals surface area (Å²) in [6.45, 7) is 9.45. The molecule has 5 atom stereocenters. The summed E-state index contributed by atoms with van der Waals surface area (Å²) < 4.78 is 35.8. The molecule has 0 bridgehead atoms. The van der Waals surface area contributed by atoms with Gasteiger partial charge < -0.3 is 39.2 Å². The van der Waals surface area contributed by atoms with Crippen molar-refractivity contribution in [1.82, 2.24) is 15.5 Å². The Morgan fingerprint density at radius 2 is 1.72 bits per heavy atom. The number of aliphatic hydroxyl groups is 1. The SMILES string of the molecule is CCCC1CCCC/C=C/CC(C(=O)N(C)Cc2ccc(OC)cc2OC)C[C@@H](C(O)P(=O)(OCC)OCC)NC(=O)[C@H](CC(C)C)NC1=O. The zero-order valence-electron chi connectivity index (χ0n) is 31.4. The Kier molecular flexibility index (Phi) is 19.1. The van der Waals surface area contributed by atoms with E-state index in [-0.39, 0.29) is 49.8 Å². The number of ether oxygens (including phenoxy) is 2. The van der Waals surface area contributed by atoms with Crippen molar-refractivity contribution in [3.8, 4) is 11.5 Å². The summed E-state index contributed by atoms with van der Waals surface area (Å²) >= 11 is 0. The summed E-state index contributed by atoms with van der Waals surface area (Å²) in [7, 11) is 0.640. The van der Waals surface area contributed by atoms with Gasteiger partial charge in [-0.1, -0.05) is 45.8 Å². The Bertz CT molecular complexity index is 1280. The molecule has 1 aromatic rings. The summed E-state index contributed by atoms with van der Waals surface area (Å²) in [6.07, 6.45) is 9.36. The average molecular weight is 724 g/mol. The van der Waals surface area contributed by atoms with Crippen LogP contribution in [0.15, 0.2) is 30.4 Å². The molecule has 1 aliphatic heterocycles. The highest BCUT2D eigenvalue weighted by molar-refractivity contribution is 7.54. The van der Waals surface area contributed by atoms with Crippen LogP contribution in [0.1, 0.15) is 98.0 Å². The third kappa shape index (κ3) is 13.3. The van der Waals surface area contributed by atoms with Gasteiger partial charge in [-0.15, -0.1) is 0 Å². The van der Waals surface area contributed by atoms with Gasteiger partial charge in [0.05, 0.1) is 33.5 Å². The number of hydrogen-bond donors (Lipinski definition) is 3. The quantitative estimate of drug-likeness (QED) is 0.142. The van der Waals surface area contributed by atoms with Gasteiger partial charge in [-0.05, 0) is 76.8 Å². The first kappa shape index (κ1) is 43.2. The molecule has 0 spiro atoms. The van der Waals surface area contributed by atoms with Gasteiger partial charge in [-0.2, -0.15) is 0 Å². The fraction of sp³-hybridized carbons (Fsp3) is 0.703. The molecule has 0 saturated heterocycles.